The van der Waals surface area contributed by atoms with Crippen LogP contribution in [-0.2, 0) is 18.1 Å². The summed E-state index contributed by atoms with van der Waals surface area (Å²) in [6, 6.07) is 11.8. The molecule has 0 spiro atoms. The van der Waals surface area contributed by atoms with Gasteiger partial charge in [0.25, 0.3) is 0 Å². The van der Waals surface area contributed by atoms with Gasteiger partial charge in [-0.05, 0) is 51.9 Å². The predicted molar refractivity (Wildman–Crippen MR) is 113 cm³/mol. The highest BCUT2D eigenvalue weighted by Crippen LogP contribution is 2.46. The molecule has 0 bridgehead atoms. The van der Waals surface area contributed by atoms with E-state index in [2.05, 4.69) is 25.2 Å². The van der Waals surface area contributed by atoms with Crippen LogP contribution >= 0.6 is 0 Å². The molecule has 0 aliphatic rings. The van der Waals surface area contributed by atoms with E-state index >= 15 is 8.78 Å². The molecule has 1 atom stereocenters. The van der Waals surface area contributed by atoms with Crippen LogP contribution in [0, 0.1) is 5.82 Å². The van der Waals surface area contributed by atoms with Crippen LogP contribution in [0.3, 0.4) is 0 Å². The van der Waals surface area contributed by atoms with E-state index < -0.39 is 42.4 Å². The van der Waals surface area contributed by atoms with Gasteiger partial charge in [-0.1, -0.05) is 30.3 Å². The maximum absolute atomic E-state index is 15.8. The lowest BCUT2D eigenvalue weighted by Crippen LogP contribution is -2.47. The van der Waals surface area contributed by atoms with Crippen molar-refractivity contribution in [1.29, 1.82) is 0 Å². The van der Waals surface area contributed by atoms with Crippen molar-refractivity contribution in [3.63, 3.8) is 0 Å². The van der Waals surface area contributed by atoms with Crippen LogP contribution in [0.25, 0.3) is 11.1 Å². The second kappa shape index (κ2) is 9.57. The molecule has 13 heteroatoms. The van der Waals surface area contributed by atoms with Crippen LogP contribution in [0.2, 0.25) is 0 Å². The summed E-state index contributed by atoms with van der Waals surface area (Å²) < 4.78 is 87.4. The summed E-state index contributed by atoms with van der Waals surface area (Å²) in [5.41, 5.74) is -3.09. The zero-order valence-electron chi connectivity index (χ0n) is 18.2. The number of pyridine rings is 1. The van der Waals surface area contributed by atoms with Gasteiger partial charge in [0.1, 0.15) is 23.6 Å². The first-order valence-electron chi connectivity index (χ1n) is 10.3. The Morgan fingerprint density at radius 1 is 0.861 bits per heavy atom. The molecule has 2 heterocycles. The summed E-state index contributed by atoms with van der Waals surface area (Å²) in [5, 5.41) is 21.5. The van der Waals surface area contributed by atoms with Gasteiger partial charge in [0.2, 0.25) is 0 Å². The summed E-state index contributed by atoms with van der Waals surface area (Å²) in [7, 11) is 0. The molecule has 0 radical (unpaired) electrons. The van der Waals surface area contributed by atoms with E-state index in [4.69, 9.17) is 0 Å². The van der Waals surface area contributed by atoms with E-state index in [0.717, 1.165) is 47.5 Å². The van der Waals surface area contributed by atoms with Crippen LogP contribution < -0.4 is 4.74 Å². The number of rotatable bonds is 8. The molecule has 0 unspecified atom stereocenters. The van der Waals surface area contributed by atoms with Gasteiger partial charge >= 0.3 is 12.1 Å². The lowest BCUT2D eigenvalue weighted by atomic mass is 9.85. The zero-order valence-corrected chi connectivity index (χ0v) is 18.2. The smallest absolute Gasteiger partial charge is 0.422 e. The summed E-state index contributed by atoms with van der Waals surface area (Å²) in [6.45, 7) is -2.21. The number of aromatic nitrogens is 5. The van der Waals surface area contributed by atoms with Crippen molar-refractivity contribution < 1.29 is 36.2 Å². The molecule has 0 saturated heterocycles. The summed E-state index contributed by atoms with van der Waals surface area (Å²) in [4.78, 5) is 3.83. The quantitative estimate of drug-likeness (QED) is 0.352. The molecule has 0 amide bonds. The minimum absolute atomic E-state index is 0.0147. The Morgan fingerprint density at radius 3 is 2.08 bits per heavy atom. The Hall–Kier alpha value is -4.00. The Balaban J connectivity index is 1.61. The molecule has 188 valence electrons. The first-order valence-corrected chi connectivity index (χ1v) is 10.3. The number of hydrogen-bond donors (Lipinski definition) is 1. The molecule has 4 rings (SSSR count). The average Bonchev–Trinajstić information content (AvgIpc) is 3.36. The van der Waals surface area contributed by atoms with Gasteiger partial charge in [-0.15, -0.1) is 5.10 Å². The third-order valence-electron chi connectivity index (χ3n) is 5.30. The lowest BCUT2D eigenvalue weighted by molar-refractivity contribution is -0.206. The Kier molecular flexibility index (Phi) is 6.67. The van der Waals surface area contributed by atoms with Gasteiger partial charge in [-0.3, -0.25) is 4.98 Å². The van der Waals surface area contributed by atoms with Crippen molar-refractivity contribution in [1.82, 2.24) is 25.2 Å². The largest absolute Gasteiger partial charge is 0.484 e. The topological polar surface area (TPSA) is 86.0 Å². The van der Waals surface area contributed by atoms with Crippen LogP contribution in [-0.4, -0.2) is 43.1 Å². The Bertz CT molecular complexity index is 1280. The second-order valence-corrected chi connectivity index (χ2v) is 7.81. The molecule has 7 nitrogen and oxygen atoms in total. The first-order chi connectivity index (χ1) is 17.0. The standard InChI is InChI=1S/C23H17F6N5O2/c24-18-6-4-17(5-7-18)21(35,12-34-14-31-32-33-34)23(28,29)20-10-3-16(11-30-20)15-1-8-19(9-2-15)36-13-22(25,26)27/h1-11,14,35H,12-13H2/t21-/m0/s1. The minimum Gasteiger partial charge on any atom is -0.484 e. The molecule has 4 aromatic rings. The van der Waals surface area contributed by atoms with Crippen molar-refractivity contribution in [2.45, 2.75) is 24.2 Å². The normalized spacial score (nSPS) is 13.9. The molecule has 0 fully saturated rings. The Morgan fingerprint density at radius 2 is 1.53 bits per heavy atom. The summed E-state index contributed by atoms with van der Waals surface area (Å²) in [6.07, 6.45) is -2.30. The minimum atomic E-state index is -4.48. The van der Waals surface area contributed by atoms with E-state index in [1.807, 2.05) is 0 Å². The highest BCUT2D eigenvalue weighted by molar-refractivity contribution is 5.63. The molecular weight excluding hydrogens is 492 g/mol. The molecular formula is C23H17F6N5O2. The number of tetrazole rings is 1. The fourth-order valence-corrected chi connectivity index (χ4v) is 3.46. The highest BCUT2D eigenvalue weighted by Gasteiger charge is 2.56. The van der Waals surface area contributed by atoms with E-state index in [9.17, 15) is 22.7 Å². The summed E-state index contributed by atoms with van der Waals surface area (Å²) >= 11 is 0. The number of hydrogen-bond acceptors (Lipinski definition) is 6. The molecule has 2 aromatic heterocycles. The van der Waals surface area contributed by atoms with Crippen LogP contribution in [0.5, 0.6) is 5.75 Å². The van der Waals surface area contributed by atoms with Gasteiger partial charge in [-0.25, -0.2) is 9.07 Å². The molecule has 36 heavy (non-hydrogen) atoms. The predicted octanol–water partition coefficient (Wildman–Crippen LogP) is 4.50. The van der Waals surface area contributed by atoms with E-state index in [1.54, 1.807) is 0 Å². The number of aliphatic hydroxyl groups is 1. The third kappa shape index (κ3) is 5.30. The van der Waals surface area contributed by atoms with Crippen molar-refractivity contribution in [3.05, 3.63) is 90.3 Å². The number of ether oxygens (including phenoxy) is 1. The van der Waals surface area contributed by atoms with Gasteiger partial charge in [0, 0.05) is 11.8 Å². The summed E-state index contributed by atoms with van der Waals surface area (Å²) in [5.74, 6) is -4.67. The molecule has 0 saturated carbocycles. The molecule has 2 aromatic carbocycles. The van der Waals surface area contributed by atoms with Crippen LogP contribution in [0.15, 0.2) is 73.2 Å². The Labute approximate surface area is 200 Å². The first kappa shape index (κ1) is 25.1. The SMILES string of the molecule is O[C@@](Cn1cnnn1)(c1ccc(F)cc1)C(F)(F)c1ccc(-c2ccc(OCC(F)(F)F)cc2)cn1. The van der Waals surface area contributed by atoms with Crippen LogP contribution in [0.4, 0.5) is 26.3 Å². The lowest BCUT2D eigenvalue weighted by Gasteiger charge is -2.35. The highest BCUT2D eigenvalue weighted by atomic mass is 19.4. The van der Waals surface area contributed by atoms with Crippen molar-refractivity contribution in [3.8, 4) is 16.9 Å². The molecule has 0 aliphatic heterocycles. The van der Waals surface area contributed by atoms with E-state index in [1.165, 1.54) is 30.3 Å². The number of benzene rings is 2. The van der Waals surface area contributed by atoms with Gasteiger partial charge in [0.15, 0.2) is 12.2 Å². The number of nitrogens with zero attached hydrogens (tertiary/aromatic N) is 5. The van der Waals surface area contributed by atoms with Gasteiger partial charge in [-0.2, -0.15) is 22.0 Å². The zero-order chi connectivity index (χ0) is 26.0. The van der Waals surface area contributed by atoms with Gasteiger partial charge in [0.05, 0.1) is 6.54 Å². The maximum Gasteiger partial charge on any atom is 0.422 e. The number of halogens is 6. The third-order valence-corrected chi connectivity index (χ3v) is 5.30. The fraction of sp³-hybridized carbons (Fsp3) is 0.217. The number of alkyl halides is 5. The fourth-order valence-electron chi connectivity index (χ4n) is 3.46. The molecule has 1 N–H and O–H groups in total. The monoisotopic (exact) mass is 509 g/mol. The molecule has 0 aliphatic carbocycles. The second-order valence-electron chi connectivity index (χ2n) is 7.81. The van der Waals surface area contributed by atoms with Crippen LogP contribution in [0.1, 0.15) is 11.3 Å². The van der Waals surface area contributed by atoms with Gasteiger partial charge < -0.3 is 9.84 Å². The average molecular weight is 509 g/mol. The van der Waals surface area contributed by atoms with Crippen molar-refractivity contribution in [2.75, 3.05) is 6.61 Å². The van der Waals surface area contributed by atoms with E-state index in [-0.39, 0.29) is 11.3 Å². The van der Waals surface area contributed by atoms with Crippen molar-refractivity contribution in [2.24, 2.45) is 0 Å². The van der Waals surface area contributed by atoms with Crippen molar-refractivity contribution >= 4 is 0 Å². The maximum atomic E-state index is 15.8. The van der Waals surface area contributed by atoms with E-state index in [0.29, 0.717) is 11.1 Å².